The molecule has 11 nitrogen and oxygen atoms in total. The highest BCUT2D eigenvalue weighted by Gasteiger charge is 2.41. The predicted octanol–water partition coefficient (Wildman–Crippen LogP) is 3.34. The van der Waals surface area contributed by atoms with Crippen LogP contribution in [0.2, 0.25) is 0 Å². The standard InChI is InChI=1S/C28H30BrF2N5O6S/c1-15(27(38)33-24(13-37)18-7-19(30)10-20(8-18)41-2)36-12-17-4-3-16(9-25(17)43(36,39)40)26-21(29)11-32-28(35-26)34-23-5-6-42-14-22(23)31/h3-4,7-11,15,22-24,37H,5-6,12-14H2,1-2H3,(H,33,38)(H,32,34,35)/t15-,22?,23?,24-/m1/s1. The summed E-state index contributed by atoms with van der Waals surface area (Å²) in [4.78, 5) is 21.9. The van der Waals surface area contributed by atoms with Crippen LogP contribution in [0.1, 0.15) is 30.5 Å². The average Bonchev–Trinajstić information content (AvgIpc) is 3.26. The van der Waals surface area contributed by atoms with E-state index in [-0.39, 0.29) is 35.3 Å². The van der Waals surface area contributed by atoms with Crippen molar-refractivity contribution in [3.8, 4) is 17.0 Å². The molecule has 43 heavy (non-hydrogen) atoms. The monoisotopic (exact) mass is 681 g/mol. The molecular weight excluding hydrogens is 652 g/mol. The number of ether oxygens (including phenoxy) is 2. The summed E-state index contributed by atoms with van der Waals surface area (Å²) in [5.41, 5.74) is 1.63. The number of rotatable bonds is 9. The van der Waals surface area contributed by atoms with Crippen LogP contribution in [0.15, 0.2) is 52.0 Å². The van der Waals surface area contributed by atoms with Crippen molar-refractivity contribution in [2.45, 2.75) is 49.1 Å². The van der Waals surface area contributed by atoms with Crippen LogP contribution in [0.4, 0.5) is 14.7 Å². The van der Waals surface area contributed by atoms with Crippen molar-refractivity contribution in [3.63, 3.8) is 0 Å². The topological polar surface area (TPSA) is 143 Å². The molecule has 0 aliphatic carbocycles. The number of methoxy groups -OCH3 is 1. The molecule has 2 aromatic carbocycles. The van der Waals surface area contributed by atoms with Crippen LogP contribution in [-0.4, -0.2) is 78.9 Å². The summed E-state index contributed by atoms with van der Waals surface area (Å²) in [5, 5.41) is 15.5. The van der Waals surface area contributed by atoms with Crippen LogP contribution >= 0.6 is 15.9 Å². The van der Waals surface area contributed by atoms with E-state index < -0.39 is 52.7 Å². The Hall–Kier alpha value is -3.24. The van der Waals surface area contributed by atoms with Crippen molar-refractivity contribution in [3.05, 3.63) is 64.0 Å². The number of anilines is 1. The summed E-state index contributed by atoms with van der Waals surface area (Å²) in [5.74, 6) is -0.890. The number of nitrogens with one attached hydrogen (secondary N) is 2. The normalized spacial score (nSPS) is 21.1. The number of aliphatic hydroxyl groups is 1. The lowest BCUT2D eigenvalue weighted by Gasteiger charge is -2.26. The first kappa shape index (κ1) is 31.2. The highest BCUT2D eigenvalue weighted by atomic mass is 79.9. The molecule has 230 valence electrons. The van der Waals surface area contributed by atoms with Gasteiger partial charge in [-0.15, -0.1) is 0 Å². The maximum absolute atomic E-state index is 14.3. The van der Waals surface area contributed by atoms with Crippen molar-refractivity contribution in [2.24, 2.45) is 0 Å². The Balaban J connectivity index is 1.35. The van der Waals surface area contributed by atoms with Crippen molar-refractivity contribution >= 4 is 37.8 Å². The van der Waals surface area contributed by atoms with Gasteiger partial charge in [0.25, 0.3) is 0 Å². The van der Waals surface area contributed by atoms with Crippen LogP contribution in [0, 0.1) is 5.82 Å². The molecule has 1 fully saturated rings. The van der Waals surface area contributed by atoms with E-state index in [0.29, 0.717) is 34.3 Å². The Bertz CT molecular complexity index is 1630. The number of fused-ring (bicyclic) bond motifs is 1. The summed E-state index contributed by atoms with van der Waals surface area (Å²) in [6, 6.07) is 5.98. The number of amides is 1. The second-order valence-corrected chi connectivity index (χ2v) is 13.0. The molecule has 4 atom stereocenters. The van der Waals surface area contributed by atoms with Crippen molar-refractivity contribution in [1.29, 1.82) is 0 Å². The molecule has 0 saturated carbocycles. The molecule has 0 bridgehead atoms. The SMILES string of the molecule is COc1cc(F)cc([C@@H](CO)NC(=O)[C@@H](C)N2Cc3ccc(-c4nc(NC5CCOCC5F)ncc4Br)cc3S2(=O)=O)c1. The zero-order valence-electron chi connectivity index (χ0n) is 23.3. The predicted molar refractivity (Wildman–Crippen MR) is 156 cm³/mol. The zero-order chi connectivity index (χ0) is 30.9. The fourth-order valence-corrected chi connectivity index (χ4v) is 7.26. The Morgan fingerprint density at radius 3 is 2.81 bits per heavy atom. The highest BCUT2D eigenvalue weighted by Crippen LogP contribution is 2.37. The Morgan fingerprint density at radius 2 is 2.09 bits per heavy atom. The first-order chi connectivity index (χ1) is 20.5. The lowest BCUT2D eigenvalue weighted by Crippen LogP contribution is -2.46. The minimum absolute atomic E-state index is 0.0170. The molecule has 0 radical (unpaired) electrons. The van der Waals surface area contributed by atoms with Gasteiger partial charge in [0.2, 0.25) is 21.9 Å². The van der Waals surface area contributed by atoms with Gasteiger partial charge in [0, 0.05) is 31.0 Å². The van der Waals surface area contributed by atoms with Crippen LogP contribution in [0.5, 0.6) is 5.75 Å². The number of carbonyl (C=O) groups excluding carboxylic acids is 1. The summed E-state index contributed by atoms with van der Waals surface area (Å²) in [6.07, 6.45) is 0.733. The number of aliphatic hydroxyl groups excluding tert-OH is 1. The number of alkyl halides is 1. The van der Waals surface area contributed by atoms with E-state index in [0.717, 1.165) is 16.4 Å². The Labute approximate surface area is 255 Å². The first-order valence-electron chi connectivity index (χ1n) is 13.4. The zero-order valence-corrected chi connectivity index (χ0v) is 25.7. The van der Waals surface area contributed by atoms with Gasteiger partial charge in [0.05, 0.1) is 47.5 Å². The quantitative estimate of drug-likeness (QED) is 0.310. The van der Waals surface area contributed by atoms with Crippen LogP contribution in [-0.2, 0) is 26.1 Å². The van der Waals surface area contributed by atoms with E-state index in [2.05, 4.69) is 36.5 Å². The largest absolute Gasteiger partial charge is 0.497 e. The summed E-state index contributed by atoms with van der Waals surface area (Å²) < 4.78 is 67.4. The molecule has 1 aromatic heterocycles. The molecule has 3 aromatic rings. The molecule has 15 heteroatoms. The third-order valence-electron chi connectivity index (χ3n) is 7.44. The number of hydrogen-bond acceptors (Lipinski definition) is 9. The van der Waals surface area contributed by atoms with Gasteiger partial charge in [-0.1, -0.05) is 12.1 Å². The molecule has 2 unspecified atom stereocenters. The number of nitrogens with zero attached hydrogens (tertiary/aromatic N) is 3. The molecule has 1 amide bonds. The fraction of sp³-hybridized carbons (Fsp3) is 0.393. The lowest BCUT2D eigenvalue weighted by molar-refractivity contribution is -0.125. The molecule has 5 rings (SSSR count). The van der Waals surface area contributed by atoms with E-state index in [4.69, 9.17) is 9.47 Å². The van der Waals surface area contributed by atoms with Crippen molar-refractivity contribution in [2.75, 3.05) is 32.2 Å². The molecular formula is C28H30BrF2N5O6S. The number of carbonyl (C=O) groups is 1. The smallest absolute Gasteiger partial charge is 0.244 e. The molecule has 2 aliphatic rings. The van der Waals surface area contributed by atoms with Crippen LogP contribution in [0.25, 0.3) is 11.3 Å². The average molecular weight is 683 g/mol. The maximum atomic E-state index is 14.3. The maximum Gasteiger partial charge on any atom is 0.244 e. The van der Waals surface area contributed by atoms with Gasteiger partial charge in [-0.3, -0.25) is 4.79 Å². The minimum atomic E-state index is -4.11. The van der Waals surface area contributed by atoms with Crippen LogP contribution in [0.3, 0.4) is 0 Å². The number of aromatic nitrogens is 2. The van der Waals surface area contributed by atoms with Crippen LogP contribution < -0.4 is 15.4 Å². The molecule has 2 aliphatic heterocycles. The second kappa shape index (κ2) is 12.8. The van der Waals surface area contributed by atoms with Gasteiger partial charge in [-0.2, -0.15) is 4.31 Å². The Morgan fingerprint density at radius 1 is 1.30 bits per heavy atom. The molecule has 0 spiro atoms. The van der Waals surface area contributed by atoms with E-state index in [1.165, 1.54) is 32.4 Å². The van der Waals surface area contributed by atoms with E-state index >= 15 is 0 Å². The minimum Gasteiger partial charge on any atom is -0.497 e. The molecule has 3 N–H and O–H groups in total. The third kappa shape index (κ3) is 6.50. The third-order valence-corrected chi connectivity index (χ3v) is 10.0. The van der Waals surface area contributed by atoms with E-state index in [9.17, 15) is 27.1 Å². The lowest BCUT2D eigenvalue weighted by atomic mass is 10.1. The van der Waals surface area contributed by atoms with E-state index in [1.807, 2.05) is 0 Å². The van der Waals surface area contributed by atoms with Crippen molar-refractivity contribution in [1.82, 2.24) is 19.6 Å². The summed E-state index contributed by atoms with van der Waals surface area (Å²) in [7, 11) is -2.74. The van der Waals surface area contributed by atoms with Gasteiger partial charge in [-0.05, 0) is 58.6 Å². The van der Waals surface area contributed by atoms with Gasteiger partial charge >= 0.3 is 0 Å². The number of halogens is 3. The fourth-order valence-electron chi connectivity index (χ4n) is 5.03. The number of sulfonamides is 1. The van der Waals surface area contributed by atoms with Gasteiger partial charge in [0.15, 0.2) is 0 Å². The second-order valence-electron chi connectivity index (χ2n) is 10.2. The van der Waals surface area contributed by atoms with Gasteiger partial charge < -0.3 is 25.2 Å². The first-order valence-corrected chi connectivity index (χ1v) is 15.7. The highest BCUT2D eigenvalue weighted by molar-refractivity contribution is 9.10. The van der Waals surface area contributed by atoms with E-state index in [1.54, 1.807) is 12.1 Å². The molecule has 3 heterocycles. The Kier molecular flexibility index (Phi) is 9.27. The van der Waals surface area contributed by atoms with Crippen molar-refractivity contribution < 1.29 is 36.6 Å². The summed E-state index contributed by atoms with van der Waals surface area (Å²) in [6.45, 7) is 1.23. The van der Waals surface area contributed by atoms with Gasteiger partial charge in [0.1, 0.15) is 23.8 Å². The summed E-state index contributed by atoms with van der Waals surface area (Å²) >= 11 is 3.42. The molecule has 1 saturated heterocycles. The van der Waals surface area contributed by atoms with Gasteiger partial charge in [-0.25, -0.2) is 27.2 Å². The number of hydrogen-bond donors (Lipinski definition) is 3. The number of benzene rings is 2.